The third-order valence-electron chi connectivity index (χ3n) is 5.10. The maximum atomic E-state index is 12.3. The Kier molecular flexibility index (Phi) is 7.63. The monoisotopic (exact) mass is 311 g/mol. The molecule has 0 radical (unpaired) electrons. The van der Waals surface area contributed by atoms with E-state index < -0.39 is 0 Å². The zero-order chi connectivity index (χ0) is 15.8. The van der Waals surface area contributed by atoms with Crippen LogP contribution in [0.2, 0.25) is 0 Å². The lowest BCUT2D eigenvalue weighted by molar-refractivity contribution is -0.133. The number of piperidine rings is 1. The van der Waals surface area contributed by atoms with Crippen molar-refractivity contribution in [2.45, 2.75) is 32.1 Å². The van der Waals surface area contributed by atoms with Crippen LogP contribution in [0.3, 0.4) is 0 Å². The standard InChI is InChI=1S/C17H33N3O2/c1-18(13-14-22-2)15-17(21)20-11-6-16(7-12-20)5-10-19-8-3-4-9-19/h16H,3-15H2,1-2H3. The van der Waals surface area contributed by atoms with Crippen molar-refractivity contribution in [3.8, 4) is 0 Å². The Morgan fingerprint density at radius 2 is 1.86 bits per heavy atom. The molecule has 22 heavy (non-hydrogen) atoms. The van der Waals surface area contributed by atoms with Gasteiger partial charge in [0, 0.05) is 26.7 Å². The minimum atomic E-state index is 0.275. The summed E-state index contributed by atoms with van der Waals surface area (Å²) in [7, 11) is 3.68. The Balaban J connectivity index is 1.60. The van der Waals surface area contributed by atoms with Gasteiger partial charge < -0.3 is 14.5 Å². The second-order valence-electron chi connectivity index (χ2n) is 6.89. The number of ether oxygens (including phenoxy) is 1. The number of likely N-dealkylation sites (N-methyl/N-ethyl adjacent to an activating group) is 1. The molecule has 0 saturated carbocycles. The first-order valence-electron chi connectivity index (χ1n) is 8.86. The van der Waals surface area contributed by atoms with Crippen LogP contribution in [0.25, 0.3) is 0 Å². The van der Waals surface area contributed by atoms with Gasteiger partial charge in [0.25, 0.3) is 0 Å². The lowest BCUT2D eigenvalue weighted by atomic mass is 9.93. The van der Waals surface area contributed by atoms with Gasteiger partial charge in [-0.25, -0.2) is 0 Å². The van der Waals surface area contributed by atoms with Crippen LogP contribution in [0.4, 0.5) is 0 Å². The number of rotatable bonds is 8. The van der Waals surface area contributed by atoms with Crippen LogP contribution in [0.5, 0.6) is 0 Å². The summed E-state index contributed by atoms with van der Waals surface area (Å²) in [4.78, 5) is 19.0. The zero-order valence-corrected chi connectivity index (χ0v) is 14.4. The largest absolute Gasteiger partial charge is 0.383 e. The van der Waals surface area contributed by atoms with Crippen LogP contribution in [0.1, 0.15) is 32.1 Å². The van der Waals surface area contributed by atoms with E-state index >= 15 is 0 Å². The van der Waals surface area contributed by atoms with Crippen LogP contribution >= 0.6 is 0 Å². The van der Waals surface area contributed by atoms with Gasteiger partial charge in [-0.3, -0.25) is 9.69 Å². The average Bonchev–Trinajstić information content (AvgIpc) is 3.05. The van der Waals surface area contributed by atoms with Crippen LogP contribution in [-0.2, 0) is 9.53 Å². The highest BCUT2D eigenvalue weighted by atomic mass is 16.5. The Morgan fingerprint density at radius 1 is 1.18 bits per heavy atom. The zero-order valence-electron chi connectivity index (χ0n) is 14.4. The highest BCUT2D eigenvalue weighted by Gasteiger charge is 2.24. The van der Waals surface area contributed by atoms with Crippen molar-refractivity contribution in [1.82, 2.24) is 14.7 Å². The van der Waals surface area contributed by atoms with Crippen molar-refractivity contribution in [2.24, 2.45) is 5.92 Å². The number of hydrogen-bond donors (Lipinski definition) is 0. The fourth-order valence-corrected chi connectivity index (χ4v) is 3.50. The first-order chi connectivity index (χ1) is 10.7. The summed E-state index contributed by atoms with van der Waals surface area (Å²) < 4.78 is 5.05. The number of methoxy groups -OCH3 is 1. The average molecular weight is 311 g/mol. The SMILES string of the molecule is COCCN(C)CC(=O)N1CCC(CCN2CCCC2)CC1. The minimum absolute atomic E-state index is 0.275. The van der Waals surface area contributed by atoms with E-state index in [1.54, 1.807) is 7.11 Å². The number of nitrogens with zero attached hydrogens (tertiary/aromatic N) is 3. The number of likely N-dealkylation sites (tertiary alicyclic amines) is 2. The van der Waals surface area contributed by atoms with Gasteiger partial charge in [0.05, 0.1) is 13.2 Å². The lowest BCUT2D eigenvalue weighted by Crippen LogP contribution is -2.44. The van der Waals surface area contributed by atoms with Gasteiger partial charge in [-0.15, -0.1) is 0 Å². The van der Waals surface area contributed by atoms with Crippen molar-refractivity contribution in [1.29, 1.82) is 0 Å². The van der Waals surface area contributed by atoms with Gasteiger partial charge in [0.2, 0.25) is 5.91 Å². The third kappa shape index (κ3) is 5.86. The Labute approximate surface area is 135 Å². The van der Waals surface area contributed by atoms with E-state index in [-0.39, 0.29) is 5.91 Å². The number of carbonyl (C=O) groups is 1. The Morgan fingerprint density at radius 3 is 2.50 bits per heavy atom. The molecule has 0 aromatic rings. The molecule has 0 atom stereocenters. The predicted octanol–water partition coefficient (Wildman–Crippen LogP) is 1.29. The topological polar surface area (TPSA) is 36.0 Å². The molecule has 0 spiro atoms. The van der Waals surface area contributed by atoms with Gasteiger partial charge >= 0.3 is 0 Å². The summed E-state index contributed by atoms with van der Waals surface area (Å²) in [6, 6.07) is 0. The Hall–Kier alpha value is -0.650. The molecule has 0 unspecified atom stereocenters. The molecule has 0 N–H and O–H groups in total. The molecular formula is C17H33N3O2. The van der Waals surface area contributed by atoms with E-state index in [2.05, 4.69) is 9.80 Å². The van der Waals surface area contributed by atoms with Crippen LogP contribution in [0, 0.1) is 5.92 Å². The first-order valence-corrected chi connectivity index (χ1v) is 8.86. The summed E-state index contributed by atoms with van der Waals surface area (Å²) in [5.74, 6) is 1.09. The van der Waals surface area contributed by atoms with E-state index in [0.717, 1.165) is 25.6 Å². The van der Waals surface area contributed by atoms with Crippen molar-refractivity contribution in [3.63, 3.8) is 0 Å². The number of hydrogen-bond acceptors (Lipinski definition) is 4. The third-order valence-corrected chi connectivity index (χ3v) is 5.10. The first kappa shape index (κ1) is 17.7. The molecule has 2 rings (SSSR count). The van der Waals surface area contributed by atoms with Gasteiger partial charge in [-0.05, 0) is 64.7 Å². The molecule has 1 amide bonds. The van der Waals surface area contributed by atoms with Crippen LogP contribution in [0.15, 0.2) is 0 Å². The summed E-state index contributed by atoms with van der Waals surface area (Å²) in [5, 5.41) is 0. The van der Waals surface area contributed by atoms with Crippen LogP contribution in [-0.4, -0.2) is 87.2 Å². The van der Waals surface area contributed by atoms with Crippen molar-refractivity contribution in [2.75, 3.05) is 66.6 Å². The summed E-state index contributed by atoms with van der Waals surface area (Å²) >= 11 is 0. The van der Waals surface area contributed by atoms with E-state index in [4.69, 9.17) is 4.74 Å². The molecular weight excluding hydrogens is 278 g/mol. The molecule has 0 bridgehead atoms. The van der Waals surface area contributed by atoms with E-state index in [0.29, 0.717) is 13.2 Å². The second kappa shape index (κ2) is 9.48. The van der Waals surface area contributed by atoms with E-state index in [9.17, 15) is 4.79 Å². The highest BCUT2D eigenvalue weighted by molar-refractivity contribution is 5.78. The molecule has 0 aliphatic carbocycles. The number of amides is 1. The molecule has 2 saturated heterocycles. The molecule has 0 aromatic heterocycles. The smallest absolute Gasteiger partial charge is 0.236 e. The summed E-state index contributed by atoms with van der Waals surface area (Å²) in [6.45, 7) is 7.76. The minimum Gasteiger partial charge on any atom is -0.383 e. The fourth-order valence-electron chi connectivity index (χ4n) is 3.50. The summed E-state index contributed by atoms with van der Waals surface area (Å²) in [6.07, 6.45) is 6.44. The molecule has 2 heterocycles. The molecule has 0 aromatic carbocycles. The van der Waals surface area contributed by atoms with Gasteiger partial charge in [0.1, 0.15) is 0 Å². The lowest BCUT2D eigenvalue weighted by Gasteiger charge is -2.33. The molecule has 2 aliphatic rings. The highest BCUT2D eigenvalue weighted by Crippen LogP contribution is 2.22. The van der Waals surface area contributed by atoms with E-state index in [1.165, 1.54) is 51.7 Å². The predicted molar refractivity (Wildman–Crippen MR) is 89.0 cm³/mol. The summed E-state index contributed by atoms with van der Waals surface area (Å²) in [5.41, 5.74) is 0. The Bertz CT molecular complexity index is 324. The van der Waals surface area contributed by atoms with Gasteiger partial charge in [-0.1, -0.05) is 0 Å². The molecule has 5 nitrogen and oxygen atoms in total. The van der Waals surface area contributed by atoms with Crippen molar-refractivity contribution >= 4 is 5.91 Å². The maximum absolute atomic E-state index is 12.3. The molecule has 2 aliphatic heterocycles. The molecule has 5 heteroatoms. The van der Waals surface area contributed by atoms with Gasteiger partial charge in [0.15, 0.2) is 0 Å². The molecule has 128 valence electrons. The second-order valence-corrected chi connectivity index (χ2v) is 6.89. The van der Waals surface area contributed by atoms with Crippen molar-refractivity contribution < 1.29 is 9.53 Å². The maximum Gasteiger partial charge on any atom is 0.236 e. The van der Waals surface area contributed by atoms with Gasteiger partial charge in [-0.2, -0.15) is 0 Å². The van der Waals surface area contributed by atoms with E-state index in [1.807, 2.05) is 11.9 Å². The molecule has 2 fully saturated rings. The van der Waals surface area contributed by atoms with Crippen molar-refractivity contribution in [3.05, 3.63) is 0 Å². The van der Waals surface area contributed by atoms with Crippen LogP contribution < -0.4 is 0 Å². The number of carbonyl (C=O) groups excluding carboxylic acids is 1. The fraction of sp³-hybridized carbons (Fsp3) is 0.941. The normalized spacial score (nSPS) is 21.0. The quantitative estimate of drug-likeness (QED) is 0.677.